The van der Waals surface area contributed by atoms with E-state index in [1.165, 1.54) is 4.88 Å². The number of nitrogens with one attached hydrogen (secondary N) is 1. The monoisotopic (exact) mass is 264 g/mol. The van der Waals surface area contributed by atoms with Crippen molar-refractivity contribution in [3.63, 3.8) is 0 Å². The lowest BCUT2D eigenvalue weighted by Gasteiger charge is -2.04. The van der Waals surface area contributed by atoms with Gasteiger partial charge in [-0.3, -0.25) is 0 Å². The fraction of sp³-hybridized carbons (Fsp3) is 0.182. The third-order valence-corrected chi connectivity index (χ3v) is 3.21. The van der Waals surface area contributed by atoms with E-state index >= 15 is 0 Å². The maximum atomic E-state index is 5.52. The number of aromatic nitrogens is 2. The second-order valence-corrected chi connectivity index (χ2v) is 5.25. The van der Waals surface area contributed by atoms with Crippen molar-refractivity contribution in [3.05, 3.63) is 40.0 Å². The van der Waals surface area contributed by atoms with Crippen molar-refractivity contribution >= 4 is 34.4 Å². The average molecular weight is 264 g/mol. The molecule has 2 aromatic rings. The van der Waals surface area contributed by atoms with Crippen molar-refractivity contribution < 1.29 is 0 Å². The molecule has 2 rings (SSSR count). The Morgan fingerprint density at radius 1 is 1.53 bits per heavy atom. The van der Waals surface area contributed by atoms with Gasteiger partial charge >= 0.3 is 0 Å². The van der Waals surface area contributed by atoms with Gasteiger partial charge in [0.25, 0.3) is 0 Å². The first kappa shape index (κ1) is 11.9. The van der Waals surface area contributed by atoms with Gasteiger partial charge in [-0.2, -0.15) is 0 Å². The number of thiocarbonyl (C=S) groups is 1. The van der Waals surface area contributed by atoms with Crippen molar-refractivity contribution in [1.29, 1.82) is 0 Å². The molecule has 0 radical (unpaired) electrons. The molecule has 0 fully saturated rings. The summed E-state index contributed by atoms with van der Waals surface area (Å²) >= 11 is 6.55. The molecule has 4 nitrogen and oxygen atoms in total. The summed E-state index contributed by atoms with van der Waals surface area (Å²) in [6.45, 7) is 2.69. The predicted molar refractivity (Wildman–Crippen MR) is 74.3 cm³/mol. The van der Waals surface area contributed by atoms with Crippen LogP contribution in [0.2, 0.25) is 0 Å². The molecule has 0 saturated heterocycles. The molecule has 2 heterocycles. The zero-order chi connectivity index (χ0) is 12.3. The Morgan fingerprint density at radius 2 is 2.35 bits per heavy atom. The number of hydrogen-bond acceptors (Lipinski definition) is 5. The van der Waals surface area contributed by atoms with E-state index < -0.39 is 0 Å². The molecule has 17 heavy (non-hydrogen) atoms. The van der Waals surface area contributed by atoms with E-state index in [9.17, 15) is 0 Å². The average Bonchev–Trinajstić information content (AvgIpc) is 2.73. The minimum Gasteiger partial charge on any atom is -0.388 e. The Labute approximate surface area is 109 Å². The number of aryl methyl sites for hydroxylation is 1. The Balaban J connectivity index is 2.04. The molecule has 0 aliphatic carbocycles. The quantitative estimate of drug-likeness (QED) is 0.828. The van der Waals surface area contributed by atoms with Crippen LogP contribution in [0.4, 0.5) is 5.82 Å². The first-order valence-corrected chi connectivity index (χ1v) is 6.29. The van der Waals surface area contributed by atoms with Gasteiger partial charge in [0.15, 0.2) is 0 Å². The molecule has 0 unspecified atom stereocenters. The van der Waals surface area contributed by atoms with E-state index in [0.717, 1.165) is 10.8 Å². The summed E-state index contributed by atoms with van der Waals surface area (Å²) in [6, 6.07) is 5.54. The minimum atomic E-state index is 0.304. The van der Waals surface area contributed by atoms with Crippen molar-refractivity contribution in [3.8, 4) is 0 Å². The summed E-state index contributed by atoms with van der Waals surface area (Å²) in [6.07, 6.45) is 1.86. The van der Waals surface area contributed by atoms with E-state index in [1.807, 2.05) is 25.3 Å². The highest BCUT2D eigenvalue weighted by molar-refractivity contribution is 7.80. The molecular formula is C11H12N4S2. The zero-order valence-electron chi connectivity index (χ0n) is 9.30. The molecule has 0 spiro atoms. The van der Waals surface area contributed by atoms with E-state index in [2.05, 4.69) is 15.3 Å². The van der Waals surface area contributed by atoms with Gasteiger partial charge in [0.2, 0.25) is 0 Å². The Bertz CT molecular complexity index is 536. The smallest absolute Gasteiger partial charge is 0.127 e. The number of nitrogens with two attached hydrogens (primary N) is 1. The first-order valence-electron chi connectivity index (χ1n) is 5.07. The maximum absolute atomic E-state index is 5.52. The van der Waals surface area contributed by atoms with Crippen LogP contribution in [-0.4, -0.2) is 15.0 Å². The van der Waals surface area contributed by atoms with Gasteiger partial charge in [0, 0.05) is 11.1 Å². The van der Waals surface area contributed by atoms with Crippen molar-refractivity contribution in [2.24, 2.45) is 5.73 Å². The Hall–Kier alpha value is -1.53. The van der Waals surface area contributed by atoms with Gasteiger partial charge in [0.05, 0.1) is 12.2 Å². The highest BCUT2D eigenvalue weighted by Crippen LogP contribution is 2.13. The maximum Gasteiger partial charge on any atom is 0.127 e. The van der Waals surface area contributed by atoms with Gasteiger partial charge in [-0.15, -0.1) is 11.3 Å². The van der Waals surface area contributed by atoms with E-state index in [0.29, 0.717) is 17.2 Å². The standard InChI is InChI=1S/C11H12N4S2/c1-7-5-14-10(17-7)6-13-9-4-2-3-8(15-9)11(12)16/h2-5H,6H2,1H3,(H2,12,16)(H,13,15). The summed E-state index contributed by atoms with van der Waals surface area (Å²) in [7, 11) is 0. The van der Waals surface area contributed by atoms with Crippen LogP contribution in [0.25, 0.3) is 0 Å². The van der Waals surface area contributed by atoms with Crippen molar-refractivity contribution in [2.75, 3.05) is 5.32 Å². The van der Waals surface area contributed by atoms with Gasteiger partial charge in [0.1, 0.15) is 15.8 Å². The SMILES string of the molecule is Cc1cnc(CNc2cccc(C(N)=S)n2)s1. The number of anilines is 1. The molecule has 6 heteroatoms. The number of thiazole rings is 1. The van der Waals surface area contributed by atoms with Crippen LogP contribution in [0.5, 0.6) is 0 Å². The molecule has 0 saturated carbocycles. The van der Waals surface area contributed by atoms with Crippen LogP contribution in [0.3, 0.4) is 0 Å². The number of rotatable bonds is 4. The van der Waals surface area contributed by atoms with Crippen LogP contribution in [0.15, 0.2) is 24.4 Å². The fourth-order valence-corrected chi connectivity index (χ4v) is 2.16. The molecule has 0 aromatic carbocycles. The number of hydrogen-bond donors (Lipinski definition) is 2. The summed E-state index contributed by atoms with van der Waals surface area (Å²) in [5.41, 5.74) is 6.15. The summed E-state index contributed by atoms with van der Waals surface area (Å²) in [4.78, 5) is 10.1. The predicted octanol–water partition coefficient (Wildman–Crippen LogP) is 2.09. The van der Waals surface area contributed by atoms with Crippen molar-refractivity contribution in [2.45, 2.75) is 13.5 Å². The van der Waals surface area contributed by atoms with Gasteiger partial charge in [-0.25, -0.2) is 9.97 Å². The van der Waals surface area contributed by atoms with E-state index in [4.69, 9.17) is 18.0 Å². The molecule has 0 atom stereocenters. The second-order valence-electron chi connectivity index (χ2n) is 3.49. The third kappa shape index (κ3) is 3.21. The molecule has 3 N–H and O–H groups in total. The van der Waals surface area contributed by atoms with Crippen LogP contribution in [0, 0.1) is 6.92 Å². The highest BCUT2D eigenvalue weighted by Gasteiger charge is 2.02. The lowest BCUT2D eigenvalue weighted by Crippen LogP contribution is -2.12. The minimum absolute atomic E-state index is 0.304. The first-order chi connectivity index (χ1) is 8.15. The largest absolute Gasteiger partial charge is 0.388 e. The lowest BCUT2D eigenvalue weighted by atomic mass is 10.3. The summed E-state index contributed by atoms with van der Waals surface area (Å²) < 4.78 is 0. The molecule has 0 amide bonds. The van der Waals surface area contributed by atoms with E-state index in [1.54, 1.807) is 17.4 Å². The topological polar surface area (TPSA) is 63.8 Å². The van der Waals surface area contributed by atoms with Gasteiger partial charge in [-0.1, -0.05) is 18.3 Å². The molecule has 0 aliphatic heterocycles. The van der Waals surface area contributed by atoms with Crippen LogP contribution < -0.4 is 11.1 Å². The molecule has 88 valence electrons. The molecule has 2 aromatic heterocycles. The highest BCUT2D eigenvalue weighted by atomic mass is 32.1. The third-order valence-electron chi connectivity index (χ3n) is 2.09. The number of pyridine rings is 1. The fourth-order valence-electron chi connectivity index (χ4n) is 1.32. The Kier molecular flexibility index (Phi) is 3.65. The van der Waals surface area contributed by atoms with E-state index in [-0.39, 0.29) is 0 Å². The van der Waals surface area contributed by atoms with Crippen LogP contribution in [0.1, 0.15) is 15.6 Å². The number of nitrogens with zero attached hydrogens (tertiary/aromatic N) is 2. The molecule has 0 bridgehead atoms. The zero-order valence-corrected chi connectivity index (χ0v) is 10.9. The van der Waals surface area contributed by atoms with Crippen molar-refractivity contribution in [1.82, 2.24) is 9.97 Å². The van der Waals surface area contributed by atoms with Gasteiger partial charge < -0.3 is 11.1 Å². The lowest BCUT2D eigenvalue weighted by molar-refractivity contribution is 1.07. The summed E-state index contributed by atoms with van der Waals surface area (Å²) in [5.74, 6) is 0.753. The summed E-state index contributed by atoms with van der Waals surface area (Å²) in [5, 5.41) is 4.22. The van der Waals surface area contributed by atoms with Crippen LogP contribution in [-0.2, 0) is 6.54 Å². The molecule has 0 aliphatic rings. The van der Waals surface area contributed by atoms with Crippen LogP contribution >= 0.6 is 23.6 Å². The Morgan fingerprint density at radius 3 is 3.00 bits per heavy atom. The molecular weight excluding hydrogens is 252 g/mol. The second kappa shape index (κ2) is 5.20. The normalized spacial score (nSPS) is 10.2. The van der Waals surface area contributed by atoms with Gasteiger partial charge in [-0.05, 0) is 19.1 Å².